The van der Waals surface area contributed by atoms with Crippen molar-refractivity contribution < 1.29 is 31.4 Å². The molecule has 0 aliphatic heterocycles. The van der Waals surface area contributed by atoms with Gasteiger partial charge in [-0.3, -0.25) is 4.90 Å². The maximum absolute atomic E-state index is 12.5. The maximum Gasteiger partial charge on any atom is 0.406 e. The SMILES string of the molecule is CC(C)N(C(C)C(F)(F)F)C(CO)C(F)(F)F. The summed E-state index contributed by atoms with van der Waals surface area (Å²) in [5, 5.41) is 8.67. The van der Waals surface area contributed by atoms with Gasteiger partial charge in [0.15, 0.2) is 0 Å². The van der Waals surface area contributed by atoms with Crippen LogP contribution in [0.2, 0.25) is 0 Å². The summed E-state index contributed by atoms with van der Waals surface area (Å²) in [5.74, 6) is 0. The lowest BCUT2D eigenvalue weighted by Gasteiger charge is -2.39. The van der Waals surface area contributed by atoms with E-state index in [1.807, 2.05) is 0 Å². The van der Waals surface area contributed by atoms with Crippen molar-refractivity contribution in [2.45, 2.75) is 51.2 Å². The Balaban J connectivity index is 5.22. The van der Waals surface area contributed by atoms with Crippen LogP contribution in [0, 0.1) is 0 Å². The molecule has 2 unspecified atom stereocenters. The fourth-order valence-corrected chi connectivity index (χ4v) is 1.61. The lowest BCUT2D eigenvalue weighted by molar-refractivity contribution is -0.241. The molecule has 104 valence electrons. The first-order valence-corrected chi connectivity index (χ1v) is 4.94. The van der Waals surface area contributed by atoms with Crippen molar-refractivity contribution in [3.8, 4) is 0 Å². The van der Waals surface area contributed by atoms with Crippen LogP contribution in [0.15, 0.2) is 0 Å². The Bertz CT molecular complexity index is 237. The Kier molecular flexibility index (Phi) is 5.27. The number of hydrogen-bond donors (Lipinski definition) is 1. The molecule has 0 rings (SSSR count). The van der Waals surface area contributed by atoms with Crippen molar-refractivity contribution in [2.24, 2.45) is 0 Å². The zero-order valence-corrected chi connectivity index (χ0v) is 9.60. The van der Waals surface area contributed by atoms with E-state index in [-0.39, 0.29) is 4.90 Å². The monoisotopic (exact) mass is 267 g/mol. The number of hydrogen-bond acceptors (Lipinski definition) is 2. The van der Waals surface area contributed by atoms with E-state index in [9.17, 15) is 26.3 Å². The second kappa shape index (κ2) is 5.43. The second-order valence-corrected chi connectivity index (χ2v) is 4.00. The van der Waals surface area contributed by atoms with Gasteiger partial charge in [-0.25, -0.2) is 0 Å². The Morgan fingerprint density at radius 2 is 1.35 bits per heavy atom. The van der Waals surface area contributed by atoms with Crippen molar-refractivity contribution in [3.63, 3.8) is 0 Å². The molecule has 0 amide bonds. The number of aliphatic hydroxyl groups excluding tert-OH is 1. The van der Waals surface area contributed by atoms with E-state index in [1.54, 1.807) is 0 Å². The van der Waals surface area contributed by atoms with E-state index in [2.05, 4.69) is 0 Å². The lowest BCUT2D eigenvalue weighted by Crippen LogP contribution is -2.58. The minimum Gasteiger partial charge on any atom is -0.394 e. The van der Waals surface area contributed by atoms with Crippen LogP contribution in [0.4, 0.5) is 26.3 Å². The maximum atomic E-state index is 12.5. The number of rotatable bonds is 4. The van der Waals surface area contributed by atoms with Gasteiger partial charge in [-0.2, -0.15) is 26.3 Å². The highest BCUT2D eigenvalue weighted by Crippen LogP contribution is 2.33. The summed E-state index contributed by atoms with van der Waals surface area (Å²) in [6.07, 6.45) is -9.68. The molecular formula is C9H15F6NO. The third-order valence-electron chi connectivity index (χ3n) is 2.43. The van der Waals surface area contributed by atoms with E-state index in [4.69, 9.17) is 5.11 Å². The fourth-order valence-electron chi connectivity index (χ4n) is 1.61. The van der Waals surface area contributed by atoms with Crippen molar-refractivity contribution in [1.82, 2.24) is 4.90 Å². The predicted molar refractivity (Wildman–Crippen MR) is 49.4 cm³/mol. The van der Waals surface area contributed by atoms with Crippen LogP contribution in [0.1, 0.15) is 20.8 Å². The summed E-state index contributed by atoms with van der Waals surface area (Å²) < 4.78 is 74.9. The molecule has 0 aromatic carbocycles. The van der Waals surface area contributed by atoms with Gasteiger partial charge in [0, 0.05) is 6.04 Å². The standard InChI is InChI=1S/C9H15F6NO/c1-5(2)16(6(3)8(10,11)12)7(4-17)9(13,14)15/h5-7,17H,4H2,1-3H3. The zero-order chi connectivity index (χ0) is 14.0. The molecule has 8 heteroatoms. The minimum atomic E-state index is -4.90. The Morgan fingerprint density at radius 3 is 1.53 bits per heavy atom. The summed E-state index contributed by atoms with van der Waals surface area (Å²) >= 11 is 0. The van der Waals surface area contributed by atoms with Gasteiger partial charge in [-0.1, -0.05) is 0 Å². The molecule has 0 saturated heterocycles. The molecule has 17 heavy (non-hydrogen) atoms. The molecule has 0 spiro atoms. The molecule has 0 aliphatic rings. The van der Waals surface area contributed by atoms with E-state index < -0.39 is 37.1 Å². The van der Waals surface area contributed by atoms with Crippen molar-refractivity contribution in [3.05, 3.63) is 0 Å². The van der Waals surface area contributed by atoms with Gasteiger partial charge >= 0.3 is 12.4 Å². The smallest absolute Gasteiger partial charge is 0.394 e. The second-order valence-electron chi connectivity index (χ2n) is 4.00. The topological polar surface area (TPSA) is 23.5 Å². The van der Waals surface area contributed by atoms with Crippen LogP contribution in [0.3, 0.4) is 0 Å². The van der Waals surface area contributed by atoms with Crippen LogP contribution in [0.5, 0.6) is 0 Å². The Hall–Kier alpha value is -0.500. The molecule has 0 heterocycles. The summed E-state index contributed by atoms with van der Waals surface area (Å²) in [4.78, 5) is 0.222. The fraction of sp³-hybridized carbons (Fsp3) is 1.00. The predicted octanol–water partition coefficient (Wildman–Crippen LogP) is 2.57. The van der Waals surface area contributed by atoms with Gasteiger partial charge in [0.1, 0.15) is 12.1 Å². The number of halogens is 6. The molecule has 2 atom stereocenters. The van der Waals surface area contributed by atoms with Crippen LogP contribution < -0.4 is 0 Å². The van der Waals surface area contributed by atoms with Crippen molar-refractivity contribution in [2.75, 3.05) is 6.61 Å². The minimum absolute atomic E-state index is 0.222. The van der Waals surface area contributed by atoms with E-state index in [0.717, 1.165) is 0 Å². The molecule has 0 bridgehead atoms. The van der Waals surface area contributed by atoms with Gasteiger partial charge in [-0.05, 0) is 20.8 Å². The highest BCUT2D eigenvalue weighted by atomic mass is 19.4. The van der Waals surface area contributed by atoms with E-state index in [1.165, 1.54) is 13.8 Å². The lowest BCUT2D eigenvalue weighted by atomic mass is 10.1. The van der Waals surface area contributed by atoms with Crippen LogP contribution in [0.25, 0.3) is 0 Å². The molecule has 0 aromatic heterocycles. The average Bonchev–Trinajstić information content (AvgIpc) is 2.08. The Labute approximate surface area is 95.2 Å². The first-order chi connectivity index (χ1) is 7.42. The van der Waals surface area contributed by atoms with E-state index in [0.29, 0.717) is 6.92 Å². The van der Waals surface area contributed by atoms with E-state index >= 15 is 0 Å². The molecule has 0 aromatic rings. The number of aliphatic hydroxyl groups is 1. The third-order valence-corrected chi connectivity index (χ3v) is 2.43. The summed E-state index contributed by atoms with van der Waals surface area (Å²) in [6.45, 7) is 1.68. The quantitative estimate of drug-likeness (QED) is 0.791. The molecule has 2 nitrogen and oxygen atoms in total. The third kappa shape index (κ3) is 4.34. The number of alkyl halides is 6. The molecular weight excluding hydrogens is 252 g/mol. The van der Waals surface area contributed by atoms with Gasteiger partial charge in [0.05, 0.1) is 6.61 Å². The molecule has 0 fully saturated rings. The van der Waals surface area contributed by atoms with Crippen molar-refractivity contribution >= 4 is 0 Å². The average molecular weight is 267 g/mol. The van der Waals surface area contributed by atoms with Gasteiger partial charge in [-0.15, -0.1) is 0 Å². The summed E-state index contributed by atoms with van der Waals surface area (Å²) in [5.41, 5.74) is 0. The first-order valence-electron chi connectivity index (χ1n) is 4.94. The first kappa shape index (κ1) is 16.5. The summed E-state index contributed by atoms with van der Waals surface area (Å²) in [7, 11) is 0. The zero-order valence-electron chi connectivity index (χ0n) is 9.60. The largest absolute Gasteiger partial charge is 0.406 e. The highest BCUT2D eigenvalue weighted by Gasteiger charge is 2.51. The van der Waals surface area contributed by atoms with Crippen LogP contribution in [-0.2, 0) is 0 Å². The van der Waals surface area contributed by atoms with Gasteiger partial charge in [0.2, 0.25) is 0 Å². The van der Waals surface area contributed by atoms with Gasteiger partial charge in [0.25, 0.3) is 0 Å². The van der Waals surface area contributed by atoms with Crippen LogP contribution in [-0.4, -0.2) is 47.1 Å². The molecule has 0 aliphatic carbocycles. The highest BCUT2D eigenvalue weighted by molar-refractivity contribution is 4.87. The molecule has 0 saturated carbocycles. The summed E-state index contributed by atoms with van der Waals surface area (Å²) in [6, 6.07) is -5.79. The van der Waals surface area contributed by atoms with Crippen molar-refractivity contribution in [1.29, 1.82) is 0 Å². The molecule has 0 radical (unpaired) electrons. The van der Waals surface area contributed by atoms with Gasteiger partial charge < -0.3 is 5.11 Å². The Morgan fingerprint density at radius 1 is 0.941 bits per heavy atom. The van der Waals surface area contributed by atoms with Crippen LogP contribution >= 0.6 is 0 Å². The molecule has 1 N–H and O–H groups in total. The number of nitrogens with zero attached hydrogens (tertiary/aromatic N) is 1. The normalized spacial score (nSPS) is 17.6.